The minimum absolute atomic E-state index is 0.00209. The predicted octanol–water partition coefficient (Wildman–Crippen LogP) is 2.75. The van der Waals surface area contributed by atoms with Gasteiger partial charge in [0.2, 0.25) is 5.76 Å². The number of benzene rings is 1. The molecule has 132 valence electrons. The minimum Gasteiger partial charge on any atom is -0.392 e. The maximum Gasteiger partial charge on any atom is 0.292 e. The van der Waals surface area contributed by atoms with Crippen LogP contribution < -0.4 is 0 Å². The topological polar surface area (TPSA) is 66.6 Å². The van der Waals surface area contributed by atoms with Gasteiger partial charge in [-0.3, -0.25) is 4.79 Å². The lowest BCUT2D eigenvalue weighted by atomic mass is 9.96. The van der Waals surface area contributed by atoms with Crippen LogP contribution in [0.3, 0.4) is 0 Å². The summed E-state index contributed by atoms with van der Waals surface area (Å²) >= 11 is 0. The molecule has 25 heavy (non-hydrogen) atoms. The van der Waals surface area contributed by atoms with Gasteiger partial charge >= 0.3 is 0 Å². The maximum atomic E-state index is 12.8. The van der Waals surface area contributed by atoms with Crippen molar-refractivity contribution in [1.82, 2.24) is 10.1 Å². The summed E-state index contributed by atoms with van der Waals surface area (Å²) in [5, 5.41) is 13.4. The maximum absolute atomic E-state index is 12.8. The van der Waals surface area contributed by atoms with Gasteiger partial charge in [0.1, 0.15) is 0 Å². The molecule has 4 rings (SSSR count). The Kier molecular flexibility index (Phi) is 4.57. The zero-order valence-corrected chi connectivity index (χ0v) is 14.4. The van der Waals surface area contributed by atoms with Gasteiger partial charge in [0.05, 0.1) is 12.3 Å². The normalized spacial score (nSPS) is 19.9. The van der Waals surface area contributed by atoms with E-state index < -0.39 is 0 Å². The lowest BCUT2D eigenvalue weighted by Gasteiger charge is -2.16. The first-order valence-corrected chi connectivity index (χ1v) is 9.20. The van der Waals surface area contributed by atoms with Crippen LogP contribution >= 0.6 is 0 Å². The molecule has 2 heterocycles. The van der Waals surface area contributed by atoms with Crippen molar-refractivity contribution in [3.63, 3.8) is 0 Å². The molecule has 0 bridgehead atoms. The number of aliphatic hydroxyl groups excluding tert-OH is 1. The molecule has 1 aliphatic heterocycles. The Labute approximate surface area is 147 Å². The highest BCUT2D eigenvalue weighted by Gasteiger charge is 2.32. The average molecular weight is 340 g/mol. The molecule has 0 spiro atoms. The number of hydrogen-bond donors (Lipinski definition) is 1. The summed E-state index contributed by atoms with van der Waals surface area (Å²) in [4.78, 5) is 14.8. The highest BCUT2D eigenvalue weighted by molar-refractivity contribution is 5.93. The Balaban J connectivity index is 1.42. The van der Waals surface area contributed by atoms with Crippen molar-refractivity contribution in [3.05, 3.63) is 52.4 Å². The molecule has 2 aromatic rings. The Bertz CT molecular complexity index is 768. The van der Waals surface area contributed by atoms with Gasteiger partial charge in [0, 0.05) is 18.7 Å². The zero-order chi connectivity index (χ0) is 17.2. The fraction of sp³-hybridized carbons (Fsp3) is 0.500. The molecule has 1 aliphatic carbocycles. The standard InChI is InChI=1S/C20H24N2O3/c23-13-16-5-3-4-14(11-16)10-15-8-9-22(12-15)20(24)19-17-6-1-2-7-18(17)21-25-19/h3-5,11,15,23H,1-2,6-10,12-13H2/t15-/m0/s1. The molecular weight excluding hydrogens is 316 g/mol. The summed E-state index contributed by atoms with van der Waals surface area (Å²) in [6.07, 6.45) is 6.02. The van der Waals surface area contributed by atoms with E-state index in [1.165, 1.54) is 5.56 Å². The first kappa shape index (κ1) is 16.3. The van der Waals surface area contributed by atoms with E-state index in [0.29, 0.717) is 11.7 Å². The van der Waals surface area contributed by atoms with Crippen molar-refractivity contribution in [1.29, 1.82) is 0 Å². The lowest BCUT2D eigenvalue weighted by molar-refractivity contribution is 0.0744. The van der Waals surface area contributed by atoms with E-state index in [1.54, 1.807) is 0 Å². The van der Waals surface area contributed by atoms with E-state index in [0.717, 1.165) is 68.4 Å². The van der Waals surface area contributed by atoms with Crippen LogP contribution in [0.2, 0.25) is 0 Å². The van der Waals surface area contributed by atoms with E-state index in [1.807, 2.05) is 17.0 Å². The van der Waals surface area contributed by atoms with Crippen LogP contribution in [-0.4, -0.2) is 34.2 Å². The van der Waals surface area contributed by atoms with Gasteiger partial charge in [-0.05, 0) is 55.6 Å². The van der Waals surface area contributed by atoms with E-state index in [9.17, 15) is 9.90 Å². The molecule has 0 unspecified atom stereocenters. The van der Waals surface area contributed by atoms with Gasteiger partial charge < -0.3 is 14.5 Å². The van der Waals surface area contributed by atoms with Gasteiger partial charge in [-0.15, -0.1) is 0 Å². The number of carbonyl (C=O) groups is 1. The van der Waals surface area contributed by atoms with Crippen LogP contribution in [-0.2, 0) is 25.9 Å². The molecule has 1 amide bonds. The van der Waals surface area contributed by atoms with E-state index in [4.69, 9.17) is 4.52 Å². The minimum atomic E-state index is 0.00209. The molecule has 5 heteroatoms. The van der Waals surface area contributed by atoms with E-state index in [-0.39, 0.29) is 12.5 Å². The summed E-state index contributed by atoms with van der Waals surface area (Å²) in [5.41, 5.74) is 4.18. The largest absolute Gasteiger partial charge is 0.392 e. The number of nitrogens with zero attached hydrogens (tertiary/aromatic N) is 2. The first-order valence-electron chi connectivity index (χ1n) is 9.20. The molecule has 0 saturated carbocycles. The van der Waals surface area contributed by atoms with Crippen molar-refractivity contribution in [2.24, 2.45) is 5.92 Å². The van der Waals surface area contributed by atoms with Crippen molar-refractivity contribution in [2.75, 3.05) is 13.1 Å². The highest BCUT2D eigenvalue weighted by Crippen LogP contribution is 2.28. The number of aliphatic hydroxyl groups is 1. The van der Waals surface area contributed by atoms with E-state index in [2.05, 4.69) is 17.3 Å². The van der Waals surface area contributed by atoms with Crippen molar-refractivity contribution in [2.45, 2.75) is 45.1 Å². The third-order valence-electron chi connectivity index (χ3n) is 5.43. The Morgan fingerprint density at radius 2 is 2.12 bits per heavy atom. The third-order valence-corrected chi connectivity index (χ3v) is 5.43. The zero-order valence-electron chi connectivity index (χ0n) is 14.4. The van der Waals surface area contributed by atoms with Crippen molar-refractivity contribution >= 4 is 5.91 Å². The summed E-state index contributed by atoms with van der Waals surface area (Å²) in [6, 6.07) is 8.06. The molecule has 1 saturated heterocycles. The summed E-state index contributed by atoms with van der Waals surface area (Å²) in [7, 11) is 0. The number of fused-ring (bicyclic) bond motifs is 1. The van der Waals surface area contributed by atoms with Gasteiger partial charge in [0.15, 0.2) is 0 Å². The summed E-state index contributed by atoms with van der Waals surface area (Å²) in [5.74, 6) is 0.927. The second kappa shape index (κ2) is 7.00. The fourth-order valence-electron chi connectivity index (χ4n) is 4.07. The van der Waals surface area contributed by atoms with Crippen molar-refractivity contribution in [3.8, 4) is 0 Å². The fourth-order valence-corrected chi connectivity index (χ4v) is 4.07. The highest BCUT2D eigenvalue weighted by atomic mass is 16.5. The van der Waals surface area contributed by atoms with E-state index >= 15 is 0 Å². The predicted molar refractivity (Wildman–Crippen MR) is 93.2 cm³/mol. The molecule has 0 radical (unpaired) electrons. The van der Waals surface area contributed by atoms with Crippen LogP contribution in [0.15, 0.2) is 28.8 Å². The second-order valence-corrected chi connectivity index (χ2v) is 7.23. The average Bonchev–Trinajstić information content (AvgIpc) is 3.28. The number of hydrogen-bond acceptors (Lipinski definition) is 4. The van der Waals surface area contributed by atoms with Crippen LogP contribution in [0.4, 0.5) is 0 Å². The first-order chi connectivity index (χ1) is 12.2. The third kappa shape index (κ3) is 3.33. The Morgan fingerprint density at radius 1 is 1.28 bits per heavy atom. The number of aryl methyl sites for hydroxylation is 1. The molecule has 1 aromatic carbocycles. The van der Waals surface area contributed by atoms with Gasteiger partial charge in [0.25, 0.3) is 5.91 Å². The molecule has 1 aromatic heterocycles. The Morgan fingerprint density at radius 3 is 3.00 bits per heavy atom. The molecular formula is C20H24N2O3. The van der Waals surface area contributed by atoms with Gasteiger partial charge in [-0.1, -0.05) is 29.4 Å². The van der Waals surface area contributed by atoms with Gasteiger partial charge in [-0.25, -0.2) is 0 Å². The van der Waals surface area contributed by atoms with Crippen LogP contribution in [0, 0.1) is 5.92 Å². The molecule has 5 nitrogen and oxygen atoms in total. The monoisotopic (exact) mass is 340 g/mol. The Hall–Kier alpha value is -2.14. The number of amides is 1. The number of aromatic nitrogens is 1. The van der Waals surface area contributed by atoms with Crippen molar-refractivity contribution < 1.29 is 14.4 Å². The molecule has 1 N–H and O–H groups in total. The molecule has 2 aliphatic rings. The second-order valence-electron chi connectivity index (χ2n) is 7.23. The van der Waals surface area contributed by atoms with Gasteiger partial charge in [-0.2, -0.15) is 0 Å². The van der Waals surface area contributed by atoms with Crippen LogP contribution in [0.5, 0.6) is 0 Å². The van der Waals surface area contributed by atoms with Crippen LogP contribution in [0.25, 0.3) is 0 Å². The molecule has 1 atom stereocenters. The number of carbonyl (C=O) groups excluding carboxylic acids is 1. The summed E-state index contributed by atoms with van der Waals surface area (Å²) < 4.78 is 5.41. The quantitative estimate of drug-likeness (QED) is 0.929. The lowest BCUT2D eigenvalue weighted by Crippen LogP contribution is -2.29. The number of likely N-dealkylation sites (tertiary alicyclic amines) is 1. The van der Waals surface area contributed by atoms with Crippen LogP contribution in [0.1, 0.15) is 52.2 Å². The summed E-state index contributed by atoms with van der Waals surface area (Å²) in [6.45, 7) is 1.61. The number of rotatable bonds is 4. The smallest absolute Gasteiger partial charge is 0.292 e. The molecule has 1 fully saturated rings. The SMILES string of the molecule is O=C(c1onc2c1CCCC2)N1CC[C@@H](Cc2cccc(CO)c2)C1.